The van der Waals surface area contributed by atoms with Gasteiger partial charge in [-0.15, -0.1) is 0 Å². The standard InChI is InChI=1S/C29H41NO7/c1-17(30(11-13-36-4)26(34)25-6-5-12-37-25)18-8-10-29(35)20-14-22(31)21-15-23(32)24(33)16-27(21,2)19(20)7-9-28(18,29)3/h5-6,12,14,17-19,21,23-24,32-33,35H,7-11,13,15-16H2,1-4H3/t17?,18?,19?,21?,23?,24?,27?,28?,29-/m1/s1. The van der Waals surface area contributed by atoms with Gasteiger partial charge in [0.05, 0.1) is 30.7 Å². The van der Waals surface area contributed by atoms with Crippen LogP contribution < -0.4 is 0 Å². The average molecular weight is 516 g/mol. The Bertz CT molecular complexity index is 1070. The summed E-state index contributed by atoms with van der Waals surface area (Å²) in [5.74, 6) is -0.335. The maximum Gasteiger partial charge on any atom is 0.289 e. The molecule has 0 aromatic carbocycles. The molecule has 3 fully saturated rings. The highest BCUT2D eigenvalue weighted by molar-refractivity contribution is 5.95. The number of aliphatic hydroxyl groups excluding tert-OH is 2. The van der Waals surface area contributed by atoms with Crippen molar-refractivity contribution < 1.29 is 34.1 Å². The molecule has 0 spiro atoms. The maximum absolute atomic E-state index is 13.4. The van der Waals surface area contributed by atoms with Crippen LogP contribution in [0.5, 0.6) is 0 Å². The summed E-state index contributed by atoms with van der Waals surface area (Å²) in [6.45, 7) is 7.01. The summed E-state index contributed by atoms with van der Waals surface area (Å²) >= 11 is 0. The number of amides is 1. The van der Waals surface area contributed by atoms with Gasteiger partial charge in [0.25, 0.3) is 5.91 Å². The highest BCUT2D eigenvalue weighted by atomic mass is 16.5. The lowest BCUT2D eigenvalue weighted by Crippen LogP contribution is -2.61. The molecule has 0 saturated heterocycles. The van der Waals surface area contributed by atoms with Crippen LogP contribution in [0.15, 0.2) is 34.5 Å². The summed E-state index contributed by atoms with van der Waals surface area (Å²) in [4.78, 5) is 28.6. The first-order valence-electron chi connectivity index (χ1n) is 13.7. The summed E-state index contributed by atoms with van der Waals surface area (Å²) in [7, 11) is 1.61. The SMILES string of the molecule is COCCN(C(=O)c1ccco1)C(C)C1CC[C@@]2(O)C3=CC(=O)C4CC(O)C(O)CC4(C)C3CCC12C. The highest BCUT2D eigenvalue weighted by Crippen LogP contribution is 2.67. The molecule has 37 heavy (non-hydrogen) atoms. The molecule has 8 nitrogen and oxygen atoms in total. The number of methoxy groups -OCH3 is 1. The van der Waals surface area contributed by atoms with E-state index in [1.165, 1.54) is 6.26 Å². The fourth-order valence-electron chi connectivity index (χ4n) is 8.62. The van der Waals surface area contributed by atoms with Gasteiger partial charge in [0, 0.05) is 31.0 Å². The lowest BCUT2D eigenvalue weighted by Gasteiger charge is -2.60. The van der Waals surface area contributed by atoms with Crippen LogP contribution in [-0.4, -0.2) is 76.0 Å². The molecule has 0 radical (unpaired) electrons. The molecule has 4 aliphatic carbocycles. The predicted molar refractivity (Wildman–Crippen MR) is 136 cm³/mol. The van der Waals surface area contributed by atoms with E-state index in [0.717, 1.165) is 24.8 Å². The number of hydrogen-bond donors (Lipinski definition) is 3. The van der Waals surface area contributed by atoms with E-state index in [0.29, 0.717) is 26.0 Å². The first-order valence-corrected chi connectivity index (χ1v) is 13.7. The van der Waals surface area contributed by atoms with Crippen molar-refractivity contribution in [2.75, 3.05) is 20.3 Å². The number of aliphatic hydroxyl groups is 3. The van der Waals surface area contributed by atoms with Crippen molar-refractivity contribution in [3.63, 3.8) is 0 Å². The van der Waals surface area contributed by atoms with Gasteiger partial charge in [-0.25, -0.2) is 0 Å². The van der Waals surface area contributed by atoms with Crippen LogP contribution >= 0.6 is 0 Å². The predicted octanol–water partition coefficient (Wildman–Crippen LogP) is 2.96. The number of ether oxygens (including phenoxy) is 1. The number of rotatable bonds is 6. The lowest BCUT2D eigenvalue weighted by atomic mass is 9.46. The number of carbonyl (C=O) groups excluding carboxylic acids is 2. The van der Waals surface area contributed by atoms with E-state index in [1.54, 1.807) is 30.2 Å². The third-order valence-corrected chi connectivity index (χ3v) is 10.8. The second kappa shape index (κ2) is 9.33. The van der Waals surface area contributed by atoms with Crippen LogP contribution in [0, 0.1) is 28.6 Å². The van der Waals surface area contributed by atoms with E-state index in [2.05, 4.69) is 13.8 Å². The van der Waals surface area contributed by atoms with Crippen molar-refractivity contribution >= 4 is 11.7 Å². The molecule has 9 atom stereocenters. The van der Waals surface area contributed by atoms with Crippen molar-refractivity contribution in [3.05, 3.63) is 35.8 Å². The molecule has 1 heterocycles. The summed E-state index contributed by atoms with van der Waals surface area (Å²) in [6, 6.07) is 3.18. The minimum atomic E-state index is -1.17. The normalized spacial score (nSPS) is 41.9. The fourth-order valence-corrected chi connectivity index (χ4v) is 8.62. The third kappa shape index (κ3) is 3.86. The number of fused-ring (bicyclic) bond motifs is 5. The highest BCUT2D eigenvalue weighted by Gasteiger charge is 2.67. The largest absolute Gasteiger partial charge is 0.459 e. The van der Waals surface area contributed by atoms with Crippen LogP contribution in [0.3, 0.4) is 0 Å². The Morgan fingerprint density at radius 2 is 1.97 bits per heavy atom. The minimum Gasteiger partial charge on any atom is -0.459 e. The summed E-state index contributed by atoms with van der Waals surface area (Å²) < 4.78 is 10.7. The van der Waals surface area contributed by atoms with E-state index >= 15 is 0 Å². The fraction of sp³-hybridized carbons (Fsp3) is 0.724. The minimum absolute atomic E-state index is 0.00881. The quantitative estimate of drug-likeness (QED) is 0.533. The van der Waals surface area contributed by atoms with Crippen LogP contribution in [0.2, 0.25) is 0 Å². The molecule has 3 N–H and O–H groups in total. The van der Waals surface area contributed by atoms with Gasteiger partial charge >= 0.3 is 0 Å². The van der Waals surface area contributed by atoms with Crippen molar-refractivity contribution in [1.82, 2.24) is 4.90 Å². The summed E-state index contributed by atoms with van der Waals surface area (Å²) in [5, 5.41) is 33.3. The Morgan fingerprint density at radius 3 is 2.65 bits per heavy atom. The van der Waals surface area contributed by atoms with Crippen molar-refractivity contribution in [2.45, 2.75) is 83.1 Å². The number of allylic oxidation sites excluding steroid dienone is 1. The topological polar surface area (TPSA) is 120 Å². The molecule has 0 bridgehead atoms. The molecule has 1 aromatic rings. The summed E-state index contributed by atoms with van der Waals surface area (Å²) in [6.07, 6.45) is 4.80. The Balaban J connectivity index is 1.47. The molecule has 8 unspecified atom stereocenters. The van der Waals surface area contributed by atoms with Crippen molar-refractivity contribution in [2.24, 2.45) is 28.6 Å². The van der Waals surface area contributed by atoms with Gasteiger partial charge in [-0.2, -0.15) is 0 Å². The van der Waals surface area contributed by atoms with Gasteiger partial charge in [0.2, 0.25) is 0 Å². The molecular formula is C29H41NO7. The van der Waals surface area contributed by atoms with Gasteiger partial charge in [0.1, 0.15) is 0 Å². The second-order valence-electron chi connectivity index (χ2n) is 12.4. The third-order valence-electron chi connectivity index (χ3n) is 10.8. The first-order chi connectivity index (χ1) is 17.5. The van der Waals surface area contributed by atoms with Crippen LogP contribution in [0.1, 0.15) is 69.9 Å². The van der Waals surface area contributed by atoms with Crippen LogP contribution in [0.25, 0.3) is 0 Å². The monoisotopic (exact) mass is 515 g/mol. The van der Waals surface area contributed by atoms with E-state index in [9.17, 15) is 24.9 Å². The zero-order valence-corrected chi connectivity index (χ0v) is 22.4. The number of carbonyl (C=O) groups is 2. The van der Waals surface area contributed by atoms with Gasteiger partial charge in [-0.1, -0.05) is 13.8 Å². The molecule has 1 aromatic heterocycles. The molecule has 1 amide bonds. The lowest BCUT2D eigenvalue weighted by molar-refractivity contribution is -0.153. The van der Waals surface area contributed by atoms with E-state index in [1.807, 2.05) is 6.92 Å². The molecule has 4 aliphatic rings. The zero-order chi connectivity index (χ0) is 26.8. The van der Waals surface area contributed by atoms with E-state index in [4.69, 9.17) is 9.15 Å². The number of hydrogen-bond acceptors (Lipinski definition) is 7. The molecule has 8 heteroatoms. The number of ketones is 1. The molecule has 3 saturated carbocycles. The smallest absolute Gasteiger partial charge is 0.289 e. The first kappa shape index (κ1) is 26.6. The number of nitrogens with zero attached hydrogens (tertiary/aromatic N) is 1. The molecule has 5 rings (SSSR count). The van der Waals surface area contributed by atoms with Crippen molar-refractivity contribution in [3.8, 4) is 0 Å². The van der Waals surface area contributed by atoms with Gasteiger partial charge in [-0.05, 0) is 86.5 Å². The van der Waals surface area contributed by atoms with Crippen LogP contribution in [-0.2, 0) is 9.53 Å². The Hall–Kier alpha value is -2.00. The maximum atomic E-state index is 13.4. The zero-order valence-electron chi connectivity index (χ0n) is 22.4. The van der Waals surface area contributed by atoms with Crippen LogP contribution in [0.4, 0.5) is 0 Å². The second-order valence-corrected chi connectivity index (χ2v) is 12.4. The molecule has 0 aliphatic heterocycles. The van der Waals surface area contributed by atoms with Gasteiger partial charge in [0.15, 0.2) is 11.5 Å². The molecule has 204 valence electrons. The Labute approximate surface area is 218 Å². The van der Waals surface area contributed by atoms with E-state index < -0.39 is 28.6 Å². The van der Waals surface area contributed by atoms with Crippen molar-refractivity contribution in [1.29, 1.82) is 0 Å². The average Bonchev–Trinajstić information content (AvgIpc) is 3.48. The number of furan rings is 1. The van der Waals surface area contributed by atoms with Gasteiger partial charge < -0.3 is 29.4 Å². The van der Waals surface area contributed by atoms with Gasteiger partial charge in [-0.3, -0.25) is 9.59 Å². The molecular weight excluding hydrogens is 474 g/mol. The van der Waals surface area contributed by atoms with E-state index in [-0.39, 0.29) is 47.7 Å². The summed E-state index contributed by atoms with van der Waals surface area (Å²) in [5.41, 5.74) is -1.40. The Kier molecular flexibility index (Phi) is 6.71. The Morgan fingerprint density at radius 1 is 1.22 bits per heavy atom.